The number of hydrogen-bond acceptors (Lipinski definition) is 8. The third-order valence-electron chi connectivity index (χ3n) is 9.32. The summed E-state index contributed by atoms with van der Waals surface area (Å²) in [6.07, 6.45) is 1.97. The van der Waals surface area contributed by atoms with E-state index in [1.54, 1.807) is 0 Å². The molecule has 2 aromatic rings. The van der Waals surface area contributed by atoms with Crippen molar-refractivity contribution in [3.63, 3.8) is 0 Å². The van der Waals surface area contributed by atoms with Crippen molar-refractivity contribution in [3.8, 4) is 5.75 Å². The third kappa shape index (κ3) is 4.26. The lowest BCUT2D eigenvalue weighted by atomic mass is 9.60. The van der Waals surface area contributed by atoms with E-state index in [9.17, 15) is 34.8 Å². The molecule has 6 N–H and O–H groups in total. The Bertz CT molecular complexity index is 1540. The summed E-state index contributed by atoms with van der Waals surface area (Å²) in [4.78, 5) is 40.8. The van der Waals surface area contributed by atoms with Crippen LogP contribution in [0.2, 0.25) is 5.02 Å². The summed E-state index contributed by atoms with van der Waals surface area (Å²) in [5, 5.41) is 44.2. The van der Waals surface area contributed by atoms with Crippen LogP contribution in [0.5, 0.6) is 5.75 Å². The number of aliphatic hydroxyl groups excluding tert-OH is 2. The summed E-state index contributed by atoms with van der Waals surface area (Å²) in [5.74, 6) is -6.04. The highest BCUT2D eigenvalue weighted by molar-refractivity contribution is 6.33. The molecule has 0 bridgehead atoms. The van der Waals surface area contributed by atoms with E-state index in [0.29, 0.717) is 28.6 Å². The molecule has 0 radical (unpaired) electrons. The van der Waals surface area contributed by atoms with Crippen molar-refractivity contribution in [2.24, 2.45) is 17.6 Å². The van der Waals surface area contributed by atoms with Gasteiger partial charge in [0.25, 0.3) is 5.91 Å². The normalized spacial score (nSPS) is 27.0. The number of aliphatic hydroxyl groups is 3. The van der Waals surface area contributed by atoms with Gasteiger partial charge in [-0.1, -0.05) is 41.9 Å². The quantitative estimate of drug-likeness (QED) is 0.344. The van der Waals surface area contributed by atoms with Crippen LogP contribution in [0.25, 0.3) is 0 Å². The van der Waals surface area contributed by atoms with E-state index in [2.05, 4.69) is 29.2 Å². The molecular weight excluding hydrogens is 548 g/mol. The number of carbonyl (C=O) groups is 3. The number of Topliss-reactive ketones (excluding diaryl/α,β-unsaturated/α-hetero) is 2. The van der Waals surface area contributed by atoms with Crippen LogP contribution in [-0.2, 0) is 22.6 Å². The first-order valence-corrected chi connectivity index (χ1v) is 14.2. The molecule has 214 valence electrons. The standard InChI is InChI=1S/C31H31ClN2O7/c32-26-18(14-34-8-6-16(7-9-34)15-4-2-1-3-5-15)12-21(35)24-20(26)11-17-10-19-13-22(36)25(30(33)40)29(39)31(19,41)28(38)23(17)27(24)37/h1-5,12,16-17,19,35-36,38,41H,6-11,13-14H2,(H2,33,40)/t17?,19-,31-/m0/s1. The lowest BCUT2D eigenvalue weighted by Gasteiger charge is -2.45. The topological polar surface area (TPSA) is 161 Å². The van der Waals surface area contributed by atoms with Crippen molar-refractivity contribution in [2.75, 3.05) is 13.1 Å². The second-order valence-corrected chi connectivity index (χ2v) is 12.0. The maximum Gasteiger partial charge on any atom is 0.255 e. The first-order valence-electron chi connectivity index (χ1n) is 13.8. The van der Waals surface area contributed by atoms with Crippen LogP contribution in [-0.4, -0.2) is 61.5 Å². The van der Waals surface area contributed by atoms with Gasteiger partial charge in [-0.15, -0.1) is 0 Å². The second kappa shape index (κ2) is 10.0. The van der Waals surface area contributed by atoms with E-state index in [4.69, 9.17) is 17.3 Å². The van der Waals surface area contributed by atoms with E-state index in [1.807, 2.05) is 6.07 Å². The molecule has 1 saturated heterocycles. The van der Waals surface area contributed by atoms with Gasteiger partial charge in [0, 0.05) is 29.5 Å². The molecule has 1 fully saturated rings. The average Bonchev–Trinajstić information content (AvgIpc) is 2.94. The lowest BCUT2D eigenvalue weighted by molar-refractivity contribution is -0.144. The Kier molecular flexibility index (Phi) is 6.71. The van der Waals surface area contributed by atoms with Crippen molar-refractivity contribution in [1.82, 2.24) is 4.90 Å². The van der Waals surface area contributed by atoms with E-state index in [0.717, 1.165) is 25.9 Å². The fourth-order valence-electron chi connectivity index (χ4n) is 7.23. The monoisotopic (exact) mass is 578 g/mol. The van der Waals surface area contributed by atoms with Gasteiger partial charge in [0.15, 0.2) is 11.4 Å². The number of piperidine rings is 1. The van der Waals surface area contributed by atoms with Gasteiger partial charge in [0.2, 0.25) is 5.78 Å². The third-order valence-corrected chi connectivity index (χ3v) is 9.79. The average molecular weight is 579 g/mol. The largest absolute Gasteiger partial charge is 0.511 e. The highest BCUT2D eigenvalue weighted by Crippen LogP contribution is 2.52. The zero-order chi connectivity index (χ0) is 29.2. The molecule has 41 heavy (non-hydrogen) atoms. The van der Waals surface area contributed by atoms with E-state index in [1.165, 1.54) is 11.6 Å². The summed E-state index contributed by atoms with van der Waals surface area (Å²) in [5.41, 5.74) is 4.08. The molecule has 1 amide bonds. The number of hydrogen-bond donors (Lipinski definition) is 5. The van der Waals surface area contributed by atoms with Crippen LogP contribution in [0.1, 0.15) is 58.6 Å². The van der Waals surface area contributed by atoms with Gasteiger partial charge >= 0.3 is 0 Å². The van der Waals surface area contributed by atoms with Crippen molar-refractivity contribution in [1.29, 1.82) is 0 Å². The van der Waals surface area contributed by atoms with E-state index < -0.39 is 52.0 Å². The van der Waals surface area contributed by atoms with Gasteiger partial charge in [-0.3, -0.25) is 19.3 Å². The molecule has 3 atom stereocenters. The zero-order valence-corrected chi connectivity index (χ0v) is 23.0. The Morgan fingerprint density at radius 3 is 2.39 bits per heavy atom. The molecule has 4 aliphatic rings. The minimum Gasteiger partial charge on any atom is -0.511 e. The number of ketones is 2. The molecule has 6 rings (SSSR count). The summed E-state index contributed by atoms with van der Waals surface area (Å²) in [6.45, 7) is 2.21. The number of carbonyl (C=O) groups excluding carboxylic acids is 3. The van der Waals surface area contributed by atoms with Crippen LogP contribution in [0, 0.1) is 11.8 Å². The fraction of sp³-hybridized carbons (Fsp3) is 0.387. The number of primary amides is 1. The van der Waals surface area contributed by atoms with Crippen LogP contribution in [0.4, 0.5) is 0 Å². The Morgan fingerprint density at radius 2 is 1.73 bits per heavy atom. The predicted octanol–water partition coefficient (Wildman–Crippen LogP) is 3.61. The smallest absolute Gasteiger partial charge is 0.255 e. The number of benzene rings is 2. The Balaban J connectivity index is 1.29. The van der Waals surface area contributed by atoms with Gasteiger partial charge in [-0.25, -0.2) is 0 Å². The number of aromatic hydroxyl groups is 1. The number of likely N-dealkylation sites (tertiary alicyclic amines) is 1. The van der Waals surface area contributed by atoms with Gasteiger partial charge in [-0.05, 0) is 73.4 Å². The molecule has 0 saturated carbocycles. The maximum atomic E-state index is 13.7. The minimum atomic E-state index is -2.58. The first-order chi connectivity index (χ1) is 19.5. The zero-order valence-electron chi connectivity index (χ0n) is 22.3. The number of nitrogens with two attached hydrogens (primary N) is 1. The highest BCUT2D eigenvalue weighted by atomic mass is 35.5. The van der Waals surface area contributed by atoms with Crippen LogP contribution in [0.3, 0.4) is 0 Å². The van der Waals surface area contributed by atoms with E-state index in [-0.39, 0.29) is 36.1 Å². The van der Waals surface area contributed by atoms with Crippen molar-refractivity contribution in [2.45, 2.75) is 50.2 Å². The molecule has 1 unspecified atom stereocenters. The van der Waals surface area contributed by atoms with Crippen LogP contribution < -0.4 is 5.73 Å². The molecule has 0 spiro atoms. The fourth-order valence-corrected chi connectivity index (χ4v) is 7.51. The van der Waals surface area contributed by atoms with Crippen LogP contribution in [0.15, 0.2) is 59.1 Å². The molecule has 3 aliphatic carbocycles. The Hall–Kier alpha value is -3.66. The van der Waals surface area contributed by atoms with Crippen LogP contribution >= 0.6 is 11.6 Å². The van der Waals surface area contributed by atoms with Crippen molar-refractivity contribution < 1.29 is 34.8 Å². The number of nitrogens with zero attached hydrogens (tertiary/aromatic N) is 1. The molecular formula is C31H31ClN2O7. The van der Waals surface area contributed by atoms with E-state index >= 15 is 0 Å². The number of fused-ring (bicyclic) bond motifs is 3. The molecule has 2 aromatic carbocycles. The number of rotatable bonds is 4. The highest BCUT2D eigenvalue weighted by Gasteiger charge is 2.59. The summed E-state index contributed by atoms with van der Waals surface area (Å²) >= 11 is 6.87. The predicted molar refractivity (Wildman–Crippen MR) is 150 cm³/mol. The summed E-state index contributed by atoms with van der Waals surface area (Å²) in [6, 6.07) is 11.9. The molecule has 10 heteroatoms. The van der Waals surface area contributed by atoms with Gasteiger partial charge < -0.3 is 26.2 Å². The molecule has 0 aromatic heterocycles. The number of amides is 1. The molecule has 1 heterocycles. The Labute approximate surface area is 241 Å². The SMILES string of the molecule is NC(=O)C1=C(O)C[C@@H]2CC3Cc4c(Cl)c(CN5CCC(c6ccccc6)CC5)cc(O)c4C(=O)C3=C(O)[C@]2(O)C1=O. The minimum absolute atomic E-state index is 0.0667. The summed E-state index contributed by atoms with van der Waals surface area (Å²) in [7, 11) is 0. The molecule has 9 nitrogen and oxygen atoms in total. The van der Waals surface area contributed by atoms with Crippen molar-refractivity contribution >= 4 is 29.1 Å². The van der Waals surface area contributed by atoms with Gasteiger partial charge in [0.1, 0.15) is 22.8 Å². The lowest BCUT2D eigenvalue weighted by Crippen LogP contribution is -2.57. The number of phenols is 1. The first kappa shape index (κ1) is 27.5. The number of halogens is 1. The maximum absolute atomic E-state index is 13.7. The number of allylic oxidation sites excluding steroid dienone is 2. The summed E-state index contributed by atoms with van der Waals surface area (Å²) < 4.78 is 0. The van der Waals surface area contributed by atoms with Gasteiger partial charge in [0.05, 0.1) is 5.56 Å². The van der Waals surface area contributed by atoms with Gasteiger partial charge in [-0.2, -0.15) is 0 Å². The Morgan fingerprint density at radius 1 is 1.05 bits per heavy atom. The molecule has 1 aliphatic heterocycles. The second-order valence-electron chi connectivity index (χ2n) is 11.6. The number of phenolic OH excluding ortho intramolecular Hbond substituents is 1. The van der Waals surface area contributed by atoms with Crippen molar-refractivity contribution in [3.05, 3.63) is 86.3 Å².